The monoisotopic (exact) mass is 266 g/mol. The van der Waals surface area contributed by atoms with Gasteiger partial charge in [0.2, 0.25) is 0 Å². The lowest BCUT2D eigenvalue weighted by molar-refractivity contribution is 0.282. The largest absolute Gasteiger partial charge is 0.392 e. The van der Waals surface area contributed by atoms with Gasteiger partial charge in [-0.05, 0) is 17.7 Å². The number of aliphatic hydroxyl groups excluding tert-OH is 1. The van der Waals surface area contributed by atoms with Gasteiger partial charge in [-0.3, -0.25) is 0 Å². The highest BCUT2D eigenvalue weighted by molar-refractivity contribution is 7.91. The van der Waals surface area contributed by atoms with Crippen LogP contribution < -0.4 is 4.90 Å². The molecule has 1 N–H and O–H groups in total. The van der Waals surface area contributed by atoms with Crippen molar-refractivity contribution in [2.24, 2.45) is 0 Å². The predicted octanol–water partition coefficient (Wildman–Crippen LogP) is 0.285. The molecule has 1 aromatic carbocycles. The molecular weight excluding hydrogens is 252 g/mol. The summed E-state index contributed by atoms with van der Waals surface area (Å²) in [7, 11) is -2.92. The Morgan fingerprint density at radius 3 is 2.56 bits per heavy atom. The lowest BCUT2D eigenvalue weighted by Crippen LogP contribution is -2.40. The second-order valence-corrected chi connectivity index (χ2v) is 6.56. The number of benzene rings is 1. The van der Waals surface area contributed by atoms with E-state index in [1.807, 2.05) is 4.90 Å². The minimum atomic E-state index is -2.92. The van der Waals surface area contributed by atoms with Crippen LogP contribution in [-0.2, 0) is 16.4 Å². The zero-order valence-corrected chi connectivity index (χ0v) is 10.7. The van der Waals surface area contributed by atoms with Crippen molar-refractivity contribution in [2.45, 2.75) is 6.61 Å². The van der Waals surface area contributed by atoms with Crippen molar-refractivity contribution in [1.29, 1.82) is 5.26 Å². The molecule has 6 heteroatoms. The van der Waals surface area contributed by atoms with E-state index in [0.717, 1.165) is 5.69 Å². The normalized spacial score (nSPS) is 18.3. The summed E-state index contributed by atoms with van der Waals surface area (Å²) in [6, 6.07) is 7.24. The molecule has 96 valence electrons. The molecule has 0 spiro atoms. The molecule has 1 aliphatic heterocycles. The molecule has 0 aliphatic carbocycles. The van der Waals surface area contributed by atoms with Gasteiger partial charge in [0.25, 0.3) is 0 Å². The van der Waals surface area contributed by atoms with Crippen LogP contribution in [0.5, 0.6) is 0 Å². The third-order valence-corrected chi connectivity index (χ3v) is 4.66. The van der Waals surface area contributed by atoms with Gasteiger partial charge in [-0.1, -0.05) is 6.07 Å². The van der Waals surface area contributed by atoms with Crippen LogP contribution in [0.4, 0.5) is 5.69 Å². The molecule has 0 saturated carbocycles. The predicted molar refractivity (Wildman–Crippen MR) is 67.9 cm³/mol. The first kappa shape index (κ1) is 12.9. The van der Waals surface area contributed by atoms with Crippen LogP contribution in [0.15, 0.2) is 18.2 Å². The van der Waals surface area contributed by atoms with Crippen molar-refractivity contribution in [2.75, 3.05) is 29.5 Å². The zero-order valence-electron chi connectivity index (χ0n) is 9.83. The van der Waals surface area contributed by atoms with Gasteiger partial charge in [0.15, 0.2) is 9.84 Å². The topological polar surface area (TPSA) is 81.4 Å². The highest BCUT2D eigenvalue weighted by atomic mass is 32.2. The molecular formula is C12H14N2O3S. The van der Waals surface area contributed by atoms with E-state index in [4.69, 9.17) is 10.4 Å². The molecule has 1 fully saturated rings. The van der Waals surface area contributed by atoms with E-state index in [0.29, 0.717) is 24.2 Å². The molecule has 1 saturated heterocycles. The van der Waals surface area contributed by atoms with Gasteiger partial charge in [0.05, 0.1) is 29.4 Å². The maximum absolute atomic E-state index is 11.4. The summed E-state index contributed by atoms with van der Waals surface area (Å²) < 4.78 is 22.7. The van der Waals surface area contributed by atoms with Crippen molar-refractivity contribution in [3.63, 3.8) is 0 Å². The van der Waals surface area contributed by atoms with Gasteiger partial charge in [-0.2, -0.15) is 5.26 Å². The second-order valence-electron chi connectivity index (χ2n) is 4.26. The average molecular weight is 266 g/mol. The second kappa shape index (κ2) is 4.96. The molecule has 0 amide bonds. The summed E-state index contributed by atoms with van der Waals surface area (Å²) in [4.78, 5) is 1.90. The highest BCUT2D eigenvalue weighted by Gasteiger charge is 2.23. The molecule has 0 unspecified atom stereocenters. The third-order valence-electron chi connectivity index (χ3n) is 3.05. The van der Waals surface area contributed by atoms with Crippen LogP contribution in [0.25, 0.3) is 0 Å². The fraction of sp³-hybridized carbons (Fsp3) is 0.417. The van der Waals surface area contributed by atoms with Crippen LogP contribution in [0, 0.1) is 11.3 Å². The average Bonchev–Trinajstić information content (AvgIpc) is 2.38. The molecule has 5 nitrogen and oxygen atoms in total. The maximum atomic E-state index is 11.4. The lowest BCUT2D eigenvalue weighted by Gasteiger charge is -2.29. The standard InChI is InChI=1S/C12H14N2O3S/c13-8-11-7-10(9-15)1-2-12(11)14-3-5-18(16,17)6-4-14/h1-2,7,15H,3-6,9H2. The summed E-state index contributed by atoms with van der Waals surface area (Å²) in [6.07, 6.45) is 0. The fourth-order valence-corrected chi connectivity index (χ4v) is 3.20. The number of sulfone groups is 1. The molecule has 0 atom stereocenters. The molecule has 0 aromatic heterocycles. The molecule has 2 rings (SSSR count). The number of anilines is 1. The van der Waals surface area contributed by atoms with Crippen molar-refractivity contribution in [3.8, 4) is 6.07 Å². The van der Waals surface area contributed by atoms with E-state index >= 15 is 0 Å². The molecule has 1 heterocycles. The summed E-state index contributed by atoms with van der Waals surface area (Å²) >= 11 is 0. The van der Waals surface area contributed by atoms with Crippen LogP contribution in [0.3, 0.4) is 0 Å². The molecule has 1 aliphatic rings. The van der Waals surface area contributed by atoms with Gasteiger partial charge in [0, 0.05) is 13.1 Å². The smallest absolute Gasteiger partial charge is 0.153 e. The lowest BCUT2D eigenvalue weighted by atomic mass is 10.1. The SMILES string of the molecule is N#Cc1cc(CO)ccc1N1CCS(=O)(=O)CC1. The Kier molecular flexibility index (Phi) is 3.55. The van der Waals surface area contributed by atoms with Crippen LogP contribution >= 0.6 is 0 Å². The minimum Gasteiger partial charge on any atom is -0.392 e. The van der Waals surface area contributed by atoms with Crippen molar-refractivity contribution in [3.05, 3.63) is 29.3 Å². The summed E-state index contributed by atoms with van der Waals surface area (Å²) in [5.41, 5.74) is 1.89. The van der Waals surface area contributed by atoms with Gasteiger partial charge in [0.1, 0.15) is 6.07 Å². The Balaban J connectivity index is 2.27. The van der Waals surface area contributed by atoms with E-state index in [2.05, 4.69) is 6.07 Å². The van der Waals surface area contributed by atoms with Crippen LogP contribution in [0.2, 0.25) is 0 Å². The van der Waals surface area contributed by atoms with Gasteiger partial charge < -0.3 is 10.0 Å². The maximum Gasteiger partial charge on any atom is 0.153 e. The first-order valence-corrected chi connectivity index (χ1v) is 7.47. The van der Waals surface area contributed by atoms with Crippen LogP contribution in [0.1, 0.15) is 11.1 Å². The van der Waals surface area contributed by atoms with E-state index in [9.17, 15) is 8.42 Å². The quantitative estimate of drug-likeness (QED) is 0.831. The molecule has 1 aromatic rings. The Labute approximate surface area is 106 Å². The minimum absolute atomic E-state index is 0.108. The van der Waals surface area contributed by atoms with Gasteiger partial charge in [-0.15, -0.1) is 0 Å². The summed E-state index contributed by atoms with van der Waals surface area (Å²) in [5.74, 6) is 0.249. The van der Waals surface area contributed by atoms with Gasteiger partial charge >= 0.3 is 0 Å². The Morgan fingerprint density at radius 1 is 1.33 bits per heavy atom. The van der Waals surface area contributed by atoms with E-state index in [1.54, 1.807) is 18.2 Å². The van der Waals surface area contributed by atoms with E-state index < -0.39 is 9.84 Å². The number of aliphatic hydroxyl groups is 1. The number of nitrogens with zero attached hydrogens (tertiary/aromatic N) is 2. The summed E-state index contributed by atoms with van der Waals surface area (Å²) in [5, 5.41) is 18.1. The highest BCUT2D eigenvalue weighted by Crippen LogP contribution is 2.23. The zero-order chi connectivity index (χ0) is 13.2. The molecule has 0 radical (unpaired) electrons. The van der Waals surface area contributed by atoms with Crippen LogP contribution in [-0.4, -0.2) is 38.1 Å². The van der Waals surface area contributed by atoms with E-state index in [1.165, 1.54) is 0 Å². The van der Waals surface area contributed by atoms with Crippen molar-refractivity contribution < 1.29 is 13.5 Å². The summed E-state index contributed by atoms with van der Waals surface area (Å²) in [6.45, 7) is 0.717. The number of hydrogen-bond acceptors (Lipinski definition) is 5. The van der Waals surface area contributed by atoms with Crippen molar-refractivity contribution in [1.82, 2.24) is 0 Å². The van der Waals surface area contributed by atoms with Gasteiger partial charge in [-0.25, -0.2) is 8.42 Å². The van der Waals surface area contributed by atoms with Crippen molar-refractivity contribution >= 4 is 15.5 Å². The number of hydrogen-bond donors (Lipinski definition) is 1. The fourth-order valence-electron chi connectivity index (χ4n) is 2.00. The number of nitriles is 1. The van der Waals surface area contributed by atoms with E-state index in [-0.39, 0.29) is 18.1 Å². The number of rotatable bonds is 2. The third kappa shape index (κ3) is 2.63. The Morgan fingerprint density at radius 2 is 2.00 bits per heavy atom. The first-order valence-electron chi connectivity index (χ1n) is 5.65. The molecule has 18 heavy (non-hydrogen) atoms. The molecule has 0 bridgehead atoms. The Hall–Kier alpha value is -1.58. The first-order chi connectivity index (χ1) is 8.55. The Bertz CT molecular complexity index is 576.